The van der Waals surface area contributed by atoms with Gasteiger partial charge in [0.1, 0.15) is 0 Å². The number of hydrogen-bond acceptors (Lipinski definition) is 2. The molecule has 1 heterocycles. The van der Waals surface area contributed by atoms with Crippen LogP contribution >= 0.6 is 24.0 Å². The van der Waals surface area contributed by atoms with E-state index in [0.29, 0.717) is 25.5 Å². The Morgan fingerprint density at radius 2 is 2.09 bits per heavy atom. The summed E-state index contributed by atoms with van der Waals surface area (Å²) < 4.78 is 0. The Morgan fingerprint density at radius 3 is 2.74 bits per heavy atom. The van der Waals surface area contributed by atoms with Crippen LogP contribution in [0.1, 0.15) is 43.7 Å². The van der Waals surface area contributed by atoms with Gasteiger partial charge < -0.3 is 16.0 Å². The summed E-state index contributed by atoms with van der Waals surface area (Å²) in [5, 5.41) is 3.12. The molecular weight excluding hydrogens is 403 g/mol. The van der Waals surface area contributed by atoms with E-state index in [9.17, 15) is 4.79 Å². The number of carbonyl (C=O) groups is 1. The predicted molar refractivity (Wildman–Crippen MR) is 105 cm³/mol. The normalized spacial score (nSPS) is 14.7. The highest BCUT2D eigenvalue weighted by Crippen LogP contribution is 2.17. The van der Waals surface area contributed by atoms with Crippen molar-refractivity contribution in [3.8, 4) is 0 Å². The number of nitrogens with zero attached hydrogens (tertiary/aromatic N) is 2. The fourth-order valence-electron chi connectivity index (χ4n) is 2.56. The third-order valence-corrected chi connectivity index (χ3v) is 3.91. The van der Waals surface area contributed by atoms with Crippen molar-refractivity contribution in [1.29, 1.82) is 0 Å². The van der Waals surface area contributed by atoms with Crippen molar-refractivity contribution in [2.24, 2.45) is 10.7 Å². The predicted octanol–water partition coefficient (Wildman–Crippen LogP) is 2.63. The molecule has 0 radical (unpaired) electrons. The number of nitrogens with two attached hydrogens (primary N) is 1. The molecule has 1 saturated heterocycles. The lowest BCUT2D eigenvalue weighted by Gasteiger charge is -2.17. The molecule has 0 aliphatic carbocycles. The molecule has 0 saturated carbocycles. The zero-order valence-electron chi connectivity index (χ0n) is 13.8. The molecule has 5 nitrogen and oxygen atoms in total. The molecule has 0 bridgehead atoms. The average molecular weight is 430 g/mol. The second-order valence-electron chi connectivity index (χ2n) is 5.67. The molecule has 128 valence electrons. The lowest BCUT2D eigenvalue weighted by molar-refractivity contribution is -0.128. The maximum absolute atomic E-state index is 11.8. The van der Waals surface area contributed by atoms with E-state index in [-0.39, 0.29) is 29.9 Å². The number of nitrogens with one attached hydrogen (secondary N) is 1. The van der Waals surface area contributed by atoms with Crippen molar-refractivity contribution in [2.75, 3.05) is 13.1 Å². The van der Waals surface area contributed by atoms with Gasteiger partial charge in [-0.25, -0.2) is 4.99 Å². The van der Waals surface area contributed by atoms with Crippen molar-refractivity contribution in [3.05, 3.63) is 35.4 Å². The first kappa shape index (κ1) is 19.7. The minimum atomic E-state index is 0. The van der Waals surface area contributed by atoms with Gasteiger partial charge in [0.2, 0.25) is 5.91 Å². The number of rotatable bonds is 7. The molecule has 1 aliphatic rings. The molecule has 1 aromatic rings. The first-order valence-electron chi connectivity index (χ1n) is 8.09. The van der Waals surface area contributed by atoms with E-state index in [4.69, 9.17) is 5.73 Å². The van der Waals surface area contributed by atoms with E-state index >= 15 is 0 Å². The van der Waals surface area contributed by atoms with Crippen molar-refractivity contribution in [3.63, 3.8) is 0 Å². The third kappa shape index (κ3) is 6.37. The first-order valence-corrected chi connectivity index (χ1v) is 8.09. The summed E-state index contributed by atoms with van der Waals surface area (Å²) in [6.07, 6.45) is 3.86. The van der Waals surface area contributed by atoms with E-state index in [1.807, 2.05) is 17.0 Å². The second-order valence-corrected chi connectivity index (χ2v) is 5.67. The van der Waals surface area contributed by atoms with Crippen LogP contribution in [0.2, 0.25) is 0 Å². The standard InChI is InChI=1S/C17H26N4O.HI/c1-2-3-10-19-17(18)20-12-14-7-4-5-8-15(14)13-21-11-6-9-16(21)22;/h4-5,7-8H,2-3,6,9-13H2,1H3,(H3,18,19,20);1H. The Labute approximate surface area is 155 Å². The Bertz CT molecular complexity index is 533. The fraction of sp³-hybridized carbons (Fsp3) is 0.529. The van der Waals surface area contributed by atoms with E-state index in [0.717, 1.165) is 43.5 Å². The van der Waals surface area contributed by atoms with E-state index < -0.39 is 0 Å². The highest BCUT2D eigenvalue weighted by atomic mass is 127. The number of carbonyl (C=O) groups excluding carboxylic acids is 1. The maximum atomic E-state index is 11.8. The Balaban J connectivity index is 0.00000264. The molecule has 6 heteroatoms. The van der Waals surface area contributed by atoms with Gasteiger partial charge in [-0.2, -0.15) is 0 Å². The monoisotopic (exact) mass is 430 g/mol. The maximum Gasteiger partial charge on any atom is 0.222 e. The molecule has 1 amide bonds. The van der Waals surface area contributed by atoms with E-state index in [1.54, 1.807) is 0 Å². The summed E-state index contributed by atoms with van der Waals surface area (Å²) in [5.74, 6) is 0.736. The summed E-state index contributed by atoms with van der Waals surface area (Å²) in [4.78, 5) is 18.1. The van der Waals surface area contributed by atoms with E-state index in [2.05, 4.69) is 29.4 Å². The Kier molecular flexibility index (Phi) is 8.98. The van der Waals surface area contributed by atoms with Crippen molar-refractivity contribution >= 4 is 35.8 Å². The molecule has 1 fully saturated rings. The van der Waals surface area contributed by atoms with Crippen LogP contribution in [-0.4, -0.2) is 29.9 Å². The van der Waals surface area contributed by atoms with Gasteiger partial charge in [-0.3, -0.25) is 4.79 Å². The van der Waals surface area contributed by atoms with Crippen LogP contribution in [0.5, 0.6) is 0 Å². The highest BCUT2D eigenvalue weighted by molar-refractivity contribution is 14.0. The molecule has 2 rings (SSSR count). The van der Waals surface area contributed by atoms with Gasteiger partial charge in [0.25, 0.3) is 0 Å². The molecular formula is C17H27IN4O. The smallest absolute Gasteiger partial charge is 0.222 e. The summed E-state index contributed by atoms with van der Waals surface area (Å²) in [6.45, 7) is 5.08. The fourth-order valence-corrected chi connectivity index (χ4v) is 2.56. The number of likely N-dealkylation sites (tertiary alicyclic amines) is 1. The molecule has 23 heavy (non-hydrogen) atoms. The molecule has 1 aliphatic heterocycles. The second kappa shape index (κ2) is 10.5. The van der Waals surface area contributed by atoms with Gasteiger partial charge in [0.15, 0.2) is 5.96 Å². The van der Waals surface area contributed by atoms with Crippen molar-refractivity contribution < 1.29 is 4.79 Å². The minimum Gasteiger partial charge on any atom is -0.370 e. The van der Waals surface area contributed by atoms with Gasteiger partial charge >= 0.3 is 0 Å². The van der Waals surface area contributed by atoms with Crippen LogP contribution < -0.4 is 11.1 Å². The number of guanidine groups is 1. The van der Waals surface area contributed by atoms with Crippen LogP contribution in [0.3, 0.4) is 0 Å². The van der Waals surface area contributed by atoms with Gasteiger partial charge in [0, 0.05) is 26.1 Å². The quantitative estimate of drug-likeness (QED) is 0.303. The third-order valence-electron chi connectivity index (χ3n) is 3.91. The van der Waals surface area contributed by atoms with Crippen LogP contribution in [0, 0.1) is 0 Å². The Hall–Kier alpha value is -1.31. The minimum absolute atomic E-state index is 0. The number of aliphatic imine (C=N–C) groups is 1. The molecule has 1 aromatic carbocycles. The number of benzene rings is 1. The molecule has 0 atom stereocenters. The highest BCUT2D eigenvalue weighted by Gasteiger charge is 2.20. The summed E-state index contributed by atoms with van der Waals surface area (Å²) in [7, 11) is 0. The molecule has 0 spiro atoms. The summed E-state index contributed by atoms with van der Waals surface area (Å²) in [5.41, 5.74) is 8.16. The lowest BCUT2D eigenvalue weighted by Crippen LogP contribution is -2.32. The van der Waals surface area contributed by atoms with Crippen LogP contribution in [0.15, 0.2) is 29.3 Å². The number of amides is 1. The van der Waals surface area contributed by atoms with Crippen molar-refractivity contribution in [2.45, 2.75) is 45.7 Å². The topological polar surface area (TPSA) is 70.7 Å². The average Bonchev–Trinajstić information content (AvgIpc) is 2.92. The van der Waals surface area contributed by atoms with Crippen LogP contribution in [0.25, 0.3) is 0 Å². The van der Waals surface area contributed by atoms with Crippen LogP contribution in [-0.2, 0) is 17.9 Å². The number of hydrogen-bond donors (Lipinski definition) is 2. The molecule has 3 N–H and O–H groups in total. The zero-order chi connectivity index (χ0) is 15.8. The van der Waals surface area contributed by atoms with Gasteiger partial charge in [0.05, 0.1) is 6.54 Å². The van der Waals surface area contributed by atoms with Crippen molar-refractivity contribution in [1.82, 2.24) is 10.2 Å². The zero-order valence-corrected chi connectivity index (χ0v) is 16.1. The van der Waals surface area contributed by atoms with Gasteiger partial charge in [-0.1, -0.05) is 37.6 Å². The Morgan fingerprint density at radius 1 is 1.35 bits per heavy atom. The first-order chi connectivity index (χ1) is 10.7. The van der Waals surface area contributed by atoms with Gasteiger partial charge in [-0.05, 0) is 24.0 Å². The van der Waals surface area contributed by atoms with Gasteiger partial charge in [-0.15, -0.1) is 24.0 Å². The van der Waals surface area contributed by atoms with Crippen LogP contribution in [0.4, 0.5) is 0 Å². The lowest BCUT2D eigenvalue weighted by atomic mass is 10.1. The SMILES string of the molecule is CCCCNC(N)=NCc1ccccc1CN1CCCC1=O.I. The summed E-state index contributed by atoms with van der Waals surface area (Å²) in [6, 6.07) is 8.13. The number of unbranched alkanes of at least 4 members (excludes halogenated alkanes) is 1. The van der Waals surface area contributed by atoms with E-state index in [1.165, 1.54) is 0 Å². The molecule has 0 aromatic heterocycles. The summed E-state index contributed by atoms with van der Waals surface area (Å²) >= 11 is 0. The molecule has 0 unspecified atom stereocenters. The largest absolute Gasteiger partial charge is 0.370 e. The number of halogens is 1.